The van der Waals surface area contributed by atoms with Gasteiger partial charge in [-0.15, -0.1) is 0 Å². The van der Waals surface area contributed by atoms with Gasteiger partial charge in [0.1, 0.15) is 5.82 Å². The van der Waals surface area contributed by atoms with Crippen molar-refractivity contribution in [2.45, 2.75) is 13.3 Å². The lowest BCUT2D eigenvalue weighted by Crippen LogP contribution is -2.37. The summed E-state index contributed by atoms with van der Waals surface area (Å²) in [6.07, 6.45) is 2.10. The minimum absolute atomic E-state index is 0.0129. The molecule has 4 rings (SSSR count). The van der Waals surface area contributed by atoms with Gasteiger partial charge in [0.25, 0.3) is 5.91 Å². The highest BCUT2D eigenvalue weighted by atomic mass is 32.2. The van der Waals surface area contributed by atoms with E-state index in [1.54, 1.807) is 25.1 Å². The standard InChI is InChI=1S/C21H21FN4O3S/c1-15-19(14-24-26(15)18-8-6-17(22)7-9-18)21(27)23-11-13-30(28,29)25-12-10-16-4-2-3-5-20(16)25/h2-9,14H,10-13H2,1H3,(H,23,27). The number of hydrogen-bond donors (Lipinski definition) is 1. The fraction of sp³-hybridized carbons (Fsp3) is 0.238. The number of nitrogens with zero attached hydrogens (tertiary/aromatic N) is 3. The van der Waals surface area contributed by atoms with Gasteiger partial charge in [0, 0.05) is 13.1 Å². The van der Waals surface area contributed by atoms with E-state index in [1.807, 2.05) is 18.2 Å². The van der Waals surface area contributed by atoms with Gasteiger partial charge < -0.3 is 5.32 Å². The van der Waals surface area contributed by atoms with E-state index in [0.717, 1.165) is 5.56 Å². The lowest BCUT2D eigenvalue weighted by Gasteiger charge is -2.19. The van der Waals surface area contributed by atoms with Gasteiger partial charge >= 0.3 is 0 Å². The van der Waals surface area contributed by atoms with E-state index in [1.165, 1.54) is 27.3 Å². The summed E-state index contributed by atoms with van der Waals surface area (Å²) in [5.74, 6) is -0.959. The van der Waals surface area contributed by atoms with Crippen molar-refractivity contribution in [1.29, 1.82) is 0 Å². The molecule has 7 nitrogen and oxygen atoms in total. The van der Waals surface area contributed by atoms with Crippen LogP contribution in [-0.4, -0.2) is 42.9 Å². The number of hydrogen-bond acceptors (Lipinski definition) is 4. The molecule has 1 N–H and O–H groups in total. The quantitative estimate of drug-likeness (QED) is 0.654. The third kappa shape index (κ3) is 3.80. The summed E-state index contributed by atoms with van der Waals surface area (Å²) >= 11 is 0. The van der Waals surface area contributed by atoms with Gasteiger partial charge in [0.15, 0.2) is 0 Å². The van der Waals surface area contributed by atoms with Crippen LogP contribution in [0.25, 0.3) is 5.69 Å². The van der Waals surface area contributed by atoms with Crippen molar-refractivity contribution in [3.05, 3.63) is 77.4 Å². The van der Waals surface area contributed by atoms with Crippen LogP contribution in [0.4, 0.5) is 10.1 Å². The Hall–Kier alpha value is -3.20. The average molecular weight is 428 g/mol. The number of fused-ring (bicyclic) bond motifs is 1. The average Bonchev–Trinajstić information content (AvgIpc) is 3.33. The normalized spacial score (nSPS) is 13.3. The Labute approximate surface area is 174 Å². The second-order valence-electron chi connectivity index (χ2n) is 7.05. The minimum Gasteiger partial charge on any atom is -0.351 e. The first-order valence-electron chi connectivity index (χ1n) is 9.54. The molecule has 1 aliphatic heterocycles. The number of sulfonamides is 1. The van der Waals surface area contributed by atoms with Crippen molar-refractivity contribution in [1.82, 2.24) is 15.1 Å². The van der Waals surface area contributed by atoms with Gasteiger partial charge in [0.2, 0.25) is 10.0 Å². The smallest absolute Gasteiger partial charge is 0.254 e. The monoisotopic (exact) mass is 428 g/mol. The fourth-order valence-electron chi connectivity index (χ4n) is 3.57. The van der Waals surface area contributed by atoms with Gasteiger partial charge in [-0.2, -0.15) is 5.10 Å². The van der Waals surface area contributed by atoms with Crippen molar-refractivity contribution in [2.24, 2.45) is 0 Å². The number of aromatic nitrogens is 2. The highest BCUT2D eigenvalue weighted by Crippen LogP contribution is 2.29. The second kappa shape index (κ2) is 7.91. The maximum atomic E-state index is 13.1. The van der Waals surface area contributed by atoms with E-state index < -0.39 is 15.9 Å². The fourth-order valence-corrected chi connectivity index (χ4v) is 5.00. The number of carbonyl (C=O) groups excluding carboxylic acids is 1. The van der Waals surface area contributed by atoms with Crippen LogP contribution in [0.1, 0.15) is 21.6 Å². The van der Waals surface area contributed by atoms with Crippen molar-refractivity contribution in [3.8, 4) is 5.69 Å². The Kier molecular flexibility index (Phi) is 5.29. The van der Waals surface area contributed by atoms with Gasteiger partial charge in [-0.25, -0.2) is 17.5 Å². The number of anilines is 1. The predicted molar refractivity (Wildman–Crippen MR) is 112 cm³/mol. The van der Waals surface area contributed by atoms with Gasteiger partial charge in [-0.1, -0.05) is 18.2 Å². The molecule has 0 fully saturated rings. The van der Waals surface area contributed by atoms with Crippen LogP contribution in [-0.2, 0) is 16.4 Å². The van der Waals surface area contributed by atoms with E-state index >= 15 is 0 Å². The van der Waals surface area contributed by atoms with E-state index in [-0.39, 0.29) is 18.1 Å². The SMILES string of the molecule is Cc1c(C(=O)NCCS(=O)(=O)N2CCc3ccccc32)cnn1-c1ccc(F)cc1. The molecule has 2 aromatic carbocycles. The van der Waals surface area contributed by atoms with Crippen LogP contribution in [0.2, 0.25) is 0 Å². The van der Waals surface area contributed by atoms with Crippen LogP contribution in [0.3, 0.4) is 0 Å². The molecule has 156 valence electrons. The Balaban J connectivity index is 1.40. The molecule has 0 aliphatic carbocycles. The number of amides is 1. The first-order chi connectivity index (χ1) is 14.4. The third-order valence-corrected chi connectivity index (χ3v) is 6.92. The molecule has 3 aromatic rings. The largest absolute Gasteiger partial charge is 0.351 e. The number of carbonyl (C=O) groups is 1. The summed E-state index contributed by atoms with van der Waals surface area (Å²) < 4.78 is 41.5. The van der Waals surface area contributed by atoms with E-state index in [0.29, 0.717) is 35.6 Å². The molecule has 30 heavy (non-hydrogen) atoms. The molecule has 9 heteroatoms. The highest BCUT2D eigenvalue weighted by Gasteiger charge is 2.29. The Morgan fingerprint density at radius 3 is 2.67 bits per heavy atom. The maximum Gasteiger partial charge on any atom is 0.254 e. The number of nitrogens with one attached hydrogen (secondary N) is 1. The topological polar surface area (TPSA) is 84.3 Å². The summed E-state index contributed by atoms with van der Waals surface area (Å²) in [5.41, 5.74) is 3.26. The van der Waals surface area contributed by atoms with Gasteiger partial charge in [0.05, 0.1) is 34.6 Å². The molecular weight excluding hydrogens is 407 g/mol. The molecular formula is C21H21FN4O3S. The first kappa shape index (κ1) is 20.1. The van der Waals surface area contributed by atoms with E-state index in [4.69, 9.17) is 0 Å². The van der Waals surface area contributed by atoms with Crippen LogP contribution in [0.5, 0.6) is 0 Å². The van der Waals surface area contributed by atoms with Crippen LogP contribution in [0, 0.1) is 12.7 Å². The highest BCUT2D eigenvalue weighted by molar-refractivity contribution is 7.92. The Morgan fingerprint density at radius 1 is 1.17 bits per heavy atom. The van der Waals surface area contributed by atoms with Crippen molar-refractivity contribution < 1.29 is 17.6 Å². The molecule has 0 unspecified atom stereocenters. The third-order valence-electron chi connectivity index (χ3n) is 5.15. The number of para-hydroxylation sites is 1. The Bertz CT molecular complexity index is 1190. The van der Waals surface area contributed by atoms with Crippen molar-refractivity contribution in [2.75, 3.05) is 23.1 Å². The number of benzene rings is 2. The molecule has 0 radical (unpaired) electrons. The molecule has 0 bridgehead atoms. The zero-order valence-electron chi connectivity index (χ0n) is 16.4. The molecule has 1 amide bonds. The number of halogens is 1. The molecule has 1 aromatic heterocycles. The Morgan fingerprint density at radius 2 is 1.90 bits per heavy atom. The van der Waals surface area contributed by atoms with E-state index in [2.05, 4.69) is 10.4 Å². The molecule has 0 atom stereocenters. The molecule has 0 saturated heterocycles. The predicted octanol–water partition coefficient (Wildman–Crippen LogP) is 2.44. The number of rotatable bonds is 6. The van der Waals surface area contributed by atoms with Crippen LogP contribution < -0.4 is 9.62 Å². The summed E-state index contributed by atoms with van der Waals surface area (Å²) in [5, 5.41) is 6.85. The summed E-state index contributed by atoms with van der Waals surface area (Å²) in [4.78, 5) is 12.5. The van der Waals surface area contributed by atoms with Crippen molar-refractivity contribution in [3.63, 3.8) is 0 Å². The molecule has 1 aliphatic rings. The summed E-state index contributed by atoms with van der Waals surface area (Å²) in [6, 6.07) is 13.2. The van der Waals surface area contributed by atoms with Crippen LogP contribution >= 0.6 is 0 Å². The maximum absolute atomic E-state index is 13.1. The van der Waals surface area contributed by atoms with E-state index in [9.17, 15) is 17.6 Å². The first-order valence-corrected chi connectivity index (χ1v) is 11.1. The molecule has 2 heterocycles. The van der Waals surface area contributed by atoms with Crippen LogP contribution in [0.15, 0.2) is 54.7 Å². The summed E-state index contributed by atoms with van der Waals surface area (Å²) in [7, 11) is -3.54. The zero-order chi connectivity index (χ0) is 21.3. The molecule has 0 spiro atoms. The zero-order valence-corrected chi connectivity index (χ0v) is 17.2. The molecule has 0 saturated carbocycles. The minimum atomic E-state index is -3.54. The van der Waals surface area contributed by atoms with Crippen molar-refractivity contribution >= 4 is 21.6 Å². The second-order valence-corrected chi connectivity index (χ2v) is 9.07. The summed E-state index contributed by atoms with van der Waals surface area (Å²) in [6.45, 7) is 2.13. The lowest BCUT2D eigenvalue weighted by molar-refractivity contribution is 0.0955. The lowest BCUT2D eigenvalue weighted by atomic mass is 10.2. The van der Waals surface area contributed by atoms with Gasteiger partial charge in [-0.3, -0.25) is 9.10 Å². The van der Waals surface area contributed by atoms with Gasteiger partial charge in [-0.05, 0) is 49.2 Å².